The molecule has 0 fully saturated rings. The van der Waals surface area contributed by atoms with Crippen molar-refractivity contribution in [3.05, 3.63) is 42.4 Å². The number of fused-ring (bicyclic) bond motifs is 3. The molecule has 6 heteroatoms. The van der Waals surface area contributed by atoms with E-state index in [0.717, 1.165) is 41.3 Å². The number of aromatic amines is 1. The molecule has 1 N–H and O–H groups in total. The van der Waals surface area contributed by atoms with Crippen LogP contribution in [-0.4, -0.2) is 29.8 Å². The molecular formula is C18H20N6. The molecule has 2 aliphatic heterocycles. The third kappa shape index (κ3) is 2.64. The summed E-state index contributed by atoms with van der Waals surface area (Å²) in [6.07, 6.45) is 7.44. The van der Waals surface area contributed by atoms with E-state index in [0.29, 0.717) is 5.82 Å². The lowest BCUT2D eigenvalue weighted by molar-refractivity contribution is 0.639. The van der Waals surface area contributed by atoms with E-state index in [-0.39, 0.29) is 0 Å². The molecule has 1 aromatic carbocycles. The van der Waals surface area contributed by atoms with Gasteiger partial charge in [0.05, 0.1) is 11.8 Å². The second-order valence-corrected chi connectivity index (χ2v) is 6.02. The highest BCUT2D eigenvalue weighted by Gasteiger charge is 2.19. The maximum atomic E-state index is 4.78. The number of rotatable bonds is 6. The number of nitrogens with zero attached hydrogens (tertiary/aromatic N) is 5. The van der Waals surface area contributed by atoms with Crippen LogP contribution < -0.4 is 0 Å². The molecule has 0 atom stereocenters. The maximum absolute atomic E-state index is 4.78. The minimum atomic E-state index is 0.673. The van der Waals surface area contributed by atoms with Crippen LogP contribution in [0, 0.1) is 0 Å². The van der Waals surface area contributed by atoms with Crippen LogP contribution >= 0.6 is 0 Å². The molecule has 0 bridgehead atoms. The Morgan fingerprint density at radius 2 is 1.92 bits per heavy atom. The fourth-order valence-corrected chi connectivity index (χ4v) is 2.98. The van der Waals surface area contributed by atoms with Gasteiger partial charge in [0, 0.05) is 12.0 Å². The molecule has 24 heavy (non-hydrogen) atoms. The van der Waals surface area contributed by atoms with E-state index in [2.05, 4.69) is 27.2 Å². The number of nitrogens with one attached hydrogen (secondary N) is 1. The van der Waals surface area contributed by atoms with E-state index < -0.39 is 0 Å². The molecule has 3 heterocycles. The van der Waals surface area contributed by atoms with Crippen LogP contribution in [0.15, 0.2) is 36.5 Å². The average molecular weight is 320 g/mol. The lowest BCUT2D eigenvalue weighted by Gasteiger charge is -2.06. The van der Waals surface area contributed by atoms with E-state index in [4.69, 9.17) is 4.98 Å². The summed E-state index contributed by atoms with van der Waals surface area (Å²) in [5.41, 5.74) is 2.78. The van der Waals surface area contributed by atoms with Crippen LogP contribution in [0.5, 0.6) is 0 Å². The Labute approximate surface area is 140 Å². The van der Waals surface area contributed by atoms with Gasteiger partial charge in [-0.15, -0.1) is 5.10 Å². The zero-order valence-electron chi connectivity index (χ0n) is 13.7. The minimum Gasteiger partial charge on any atom is -0.274 e. The fourth-order valence-electron chi connectivity index (χ4n) is 2.98. The molecule has 6 nitrogen and oxygen atoms in total. The van der Waals surface area contributed by atoms with Gasteiger partial charge in [0.2, 0.25) is 0 Å². The van der Waals surface area contributed by atoms with Crippen molar-refractivity contribution in [2.45, 2.75) is 39.0 Å². The summed E-state index contributed by atoms with van der Waals surface area (Å²) in [6, 6.07) is 10.1. The van der Waals surface area contributed by atoms with Crippen LogP contribution in [0.4, 0.5) is 0 Å². The molecule has 0 saturated carbocycles. The first kappa shape index (κ1) is 14.8. The fraction of sp³-hybridized carbons (Fsp3) is 0.333. The molecule has 1 aromatic heterocycles. The van der Waals surface area contributed by atoms with Crippen LogP contribution in [0.1, 0.15) is 38.4 Å². The molecule has 0 saturated heterocycles. The number of hydrogen-bond donors (Lipinski definition) is 1. The van der Waals surface area contributed by atoms with Gasteiger partial charge in [-0.25, -0.2) is 14.5 Å². The predicted octanol–water partition coefficient (Wildman–Crippen LogP) is 3.74. The molecule has 2 aromatic rings. The molecule has 122 valence electrons. The molecule has 4 rings (SSSR count). The number of aromatic nitrogens is 6. The average Bonchev–Trinajstić information content (AvgIpc) is 3.25. The summed E-state index contributed by atoms with van der Waals surface area (Å²) in [4.78, 5) is 9.46. The van der Waals surface area contributed by atoms with Gasteiger partial charge in [-0.3, -0.25) is 5.10 Å². The van der Waals surface area contributed by atoms with Crippen molar-refractivity contribution in [3.8, 4) is 22.8 Å². The first-order valence-electron chi connectivity index (χ1n) is 8.51. The summed E-state index contributed by atoms with van der Waals surface area (Å²) in [5, 5.41) is 11.5. The maximum Gasteiger partial charge on any atom is 0.188 e. The van der Waals surface area contributed by atoms with Crippen LogP contribution in [-0.2, 0) is 6.42 Å². The Morgan fingerprint density at radius 1 is 1.04 bits per heavy atom. The highest BCUT2D eigenvalue weighted by atomic mass is 15.3. The van der Waals surface area contributed by atoms with Gasteiger partial charge in [0.1, 0.15) is 5.82 Å². The van der Waals surface area contributed by atoms with Crippen LogP contribution in [0.3, 0.4) is 0 Å². The van der Waals surface area contributed by atoms with Crippen molar-refractivity contribution >= 4 is 5.65 Å². The van der Waals surface area contributed by atoms with E-state index in [1.165, 1.54) is 19.3 Å². The normalized spacial score (nSPS) is 11.5. The molecule has 0 spiro atoms. The topological polar surface area (TPSA) is 71.8 Å². The number of hydrogen-bond acceptors (Lipinski definition) is 4. The molecule has 0 unspecified atom stereocenters. The second-order valence-electron chi connectivity index (χ2n) is 6.02. The van der Waals surface area contributed by atoms with Gasteiger partial charge in [-0.05, 0) is 6.42 Å². The molecule has 0 amide bonds. The third-order valence-electron chi connectivity index (χ3n) is 4.26. The van der Waals surface area contributed by atoms with Crippen molar-refractivity contribution < 1.29 is 0 Å². The predicted molar refractivity (Wildman–Crippen MR) is 92.8 cm³/mol. The second kappa shape index (κ2) is 6.39. The Bertz CT molecular complexity index is 908. The molecule has 0 radical (unpaired) electrons. The number of aryl methyl sites for hydroxylation is 1. The van der Waals surface area contributed by atoms with Crippen molar-refractivity contribution in [1.29, 1.82) is 0 Å². The van der Waals surface area contributed by atoms with Crippen molar-refractivity contribution in [1.82, 2.24) is 29.8 Å². The summed E-state index contributed by atoms with van der Waals surface area (Å²) in [6.45, 7) is 2.22. The zero-order chi connectivity index (χ0) is 16.4. The van der Waals surface area contributed by atoms with E-state index in [1.807, 2.05) is 34.8 Å². The Morgan fingerprint density at radius 3 is 2.75 bits per heavy atom. The van der Waals surface area contributed by atoms with Gasteiger partial charge < -0.3 is 0 Å². The number of H-pyrrole nitrogens is 1. The monoisotopic (exact) mass is 320 g/mol. The van der Waals surface area contributed by atoms with E-state index >= 15 is 0 Å². The summed E-state index contributed by atoms with van der Waals surface area (Å²) in [5.74, 6) is 2.47. The smallest absolute Gasteiger partial charge is 0.188 e. The lowest BCUT2D eigenvalue weighted by atomic mass is 10.1. The Kier molecular flexibility index (Phi) is 3.94. The van der Waals surface area contributed by atoms with Gasteiger partial charge in [0.25, 0.3) is 0 Å². The van der Waals surface area contributed by atoms with E-state index in [1.54, 1.807) is 6.20 Å². The zero-order valence-corrected chi connectivity index (χ0v) is 13.7. The first-order chi connectivity index (χ1) is 11.9. The SMILES string of the molecule is CCCCCCc1nc2nncc-2c2nc(-c3ccccc3)[nH]n12. The standard InChI is InChI=1S/C18H20N6/c1-2-3-4-8-11-15-20-17-14(12-19-22-17)18-21-16(23-24(15)18)13-9-6-5-7-10-13/h5-7,9-10,12H,2-4,8,11H2,1H3,(H,21,23). The Balaban J connectivity index is 1.78. The van der Waals surface area contributed by atoms with Gasteiger partial charge in [-0.1, -0.05) is 56.5 Å². The largest absolute Gasteiger partial charge is 0.274 e. The van der Waals surface area contributed by atoms with Gasteiger partial charge >= 0.3 is 0 Å². The van der Waals surface area contributed by atoms with Crippen molar-refractivity contribution in [3.63, 3.8) is 0 Å². The summed E-state index contributed by atoms with van der Waals surface area (Å²) < 4.78 is 1.99. The molecular weight excluding hydrogens is 300 g/mol. The minimum absolute atomic E-state index is 0.673. The number of unbranched alkanes of at least 4 members (excludes halogenated alkanes) is 3. The first-order valence-corrected chi connectivity index (χ1v) is 8.51. The number of benzene rings is 1. The van der Waals surface area contributed by atoms with E-state index in [9.17, 15) is 0 Å². The highest BCUT2D eigenvalue weighted by molar-refractivity contribution is 5.74. The van der Waals surface area contributed by atoms with Crippen molar-refractivity contribution in [2.75, 3.05) is 0 Å². The summed E-state index contributed by atoms with van der Waals surface area (Å²) >= 11 is 0. The van der Waals surface area contributed by atoms with Gasteiger partial charge in [-0.2, -0.15) is 5.10 Å². The van der Waals surface area contributed by atoms with Crippen LogP contribution in [0.25, 0.3) is 28.4 Å². The quantitative estimate of drug-likeness (QED) is 0.549. The molecule has 2 aliphatic rings. The van der Waals surface area contributed by atoms with Crippen molar-refractivity contribution in [2.24, 2.45) is 0 Å². The van der Waals surface area contributed by atoms with Gasteiger partial charge in [0.15, 0.2) is 17.3 Å². The highest BCUT2D eigenvalue weighted by Crippen LogP contribution is 2.25. The molecule has 0 aliphatic carbocycles. The Hall–Kier alpha value is -2.76. The summed E-state index contributed by atoms with van der Waals surface area (Å²) in [7, 11) is 0. The lowest BCUT2D eigenvalue weighted by Crippen LogP contribution is -2.05. The third-order valence-corrected chi connectivity index (χ3v) is 4.26. The van der Waals surface area contributed by atoms with Crippen LogP contribution in [0.2, 0.25) is 0 Å².